The summed E-state index contributed by atoms with van der Waals surface area (Å²) in [4.78, 5) is 0. The van der Waals surface area contributed by atoms with Crippen molar-refractivity contribution in [2.45, 2.75) is 11.5 Å². The van der Waals surface area contributed by atoms with Gasteiger partial charge in [0.25, 0.3) is 0 Å². The fourth-order valence-electron chi connectivity index (χ4n) is 0.929. The fraction of sp³-hybridized carbons (Fsp3) is 0.250. The Hall–Kier alpha value is -0.100. The molecule has 0 atom stereocenters. The zero-order valence-electron chi connectivity index (χ0n) is 6.63. The lowest BCUT2D eigenvalue weighted by Gasteiger charge is -2.10. The monoisotopic (exact) mass is 334 g/mol. The van der Waals surface area contributed by atoms with Crippen LogP contribution in [-0.4, -0.2) is 0 Å². The van der Waals surface area contributed by atoms with E-state index in [-0.39, 0.29) is 9.80 Å². The van der Waals surface area contributed by atoms with Gasteiger partial charge in [-0.3, -0.25) is 0 Å². The van der Waals surface area contributed by atoms with Gasteiger partial charge in [-0.2, -0.15) is 13.2 Å². The van der Waals surface area contributed by atoms with E-state index in [1.54, 1.807) is 0 Å². The molecule has 0 N–H and O–H groups in total. The first-order valence-electron chi connectivity index (χ1n) is 3.47. The maximum Gasteiger partial charge on any atom is 0.419 e. The average molecular weight is 336 g/mol. The third-order valence-corrected chi connectivity index (χ3v) is 2.77. The van der Waals surface area contributed by atoms with Gasteiger partial charge >= 0.3 is 6.18 Å². The van der Waals surface area contributed by atoms with Gasteiger partial charge in [-0.1, -0.05) is 15.9 Å². The number of halogens is 6. The average Bonchev–Trinajstić information content (AvgIpc) is 2.07. The molecule has 6 heteroatoms. The van der Waals surface area contributed by atoms with E-state index in [9.17, 15) is 17.6 Å². The highest BCUT2D eigenvalue weighted by molar-refractivity contribution is 9.10. The van der Waals surface area contributed by atoms with Crippen molar-refractivity contribution < 1.29 is 17.6 Å². The summed E-state index contributed by atoms with van der Waals surface area (Å²) in [7, 11) is 0. The first-order valence-corrected chi connectivity index (χ1v) is 5.38. The lowest BCUT2D eigenvalue weighted by molar-refractivity contribution is -0.140. The van der Waals surface area contributed by atoms with Crippen molar-refractivity contribution in [1.82, 2.24) is 0 Å². The van der Waals surface area contributed by atoms with Gasteiger partial charge in [0.05, 0.1) is 10.0 Å². The van der Waals surface area contributed by atoms with E-state index in [0.29, 0.717) is 5.56 Å². The summed E-state index contributed by atoms with van der Waals surface area (Å²) >= 11 is 5.74. The standard InChI is InChI=1S/C8H4Br2F4/c9-3-4-1-5(8(12,13)14)7(11)6(10)2-4/h1-2H,3H2. The Labute approximate surface area is 94.6 Å². The molecular formula is C8H4Br2F4. The molecule has 0 aliphatic carbocycles. The Morgan fingerprint density at radius 3 is 2.21 bits per heavy atom. The van der Waals surface area contributed by atoms with Crippen molar-refractivity contribution in [2.24, 2.45) is 0 Å². The van der Waals surface area contributed by atoms with Crippen molar-refractivity contribution >= 4 is 31.9 Å². The minimum Gasteiger partial charge on any atom is -0.205 e. The molecule has 0 aromatic heterocycles. The zero-order chi connectivity index (χ0) is 10.9. The summed E-state index contributed by atoms with van der Waals surface area (Å²) in [6, 6.07) is 2.09. The molecule has 0 spiro atoms. The van der Waals surface area contributed by atoms with Crippen LogP contribution in [0.1, 0.15) is 11.1 Å². The first kappa shape index (κ1) is 12.0. The largest absolute Gasteiger partial charge is 0.419 e. The fourth-order valence-corrected chi connectivity index (χ4v) is 1.76. The molecule has 0 radical (unpaired) electrons. The Bertz CT molecular complexity index is 346. The molecule has 0 bridgehead atoms. The first-order chi connectivity index (χ1) is 6.36. The third-order valence-electron chi connectivity index (χ3n) is 1.55. The van der Waals surface area contributed by atoms with Crippen LogP contribution in [0.25, 0.3) is 0 Å². The summed E-state index contributed by atoms with van der Waals surface area (Å²) < 4.78 is 49.7. The van der Waals surface area contributed by atoms with Crippen LogP contribution in [0.4, 0.5) is 17.6 Å². The van der Waals surface area contributed by atoms with E-state index >= 15 is 0 Å². The van der Waals surface area contributed by atoms with E-state index in [0.717, 1.165) is 6.07 Å². The van der Waals surface area contributed by atoms with Gasteiger partial charge in [-0.15, -0.1) is 0 Å². The molecule has 14 heavy (non-hydrogen) atoms. The molecule has 0 nitrogen and oxygen atoms in total. The van der Waals surface area contributed by atoms with E-state index < -0.39 is 17.6 Å². The summed E-state index contributed by atoms with van der Waals surface area (Å²) in [5.41, 5.74) is -0.882. The van der Waals surface area contributed by atoms with E-state index in [4.69, 9.17) is 0 Å². The SMILES string of the molecule is Fc1c(Br)cc(CBr)cc1C(F)(F)F. The Kier molecular flexibility index (Phi) is 3.58. The predicted molar refractivity (Wildman–Crippen MR) is 51.7 cm³/mol. The number of hydrogen-bond acceptors (Lipinski definition) is 0. The normalized spacial score (nSPS) is 11.9. The van der Waals surface area contributed by atoms with E-state index in [1.807, 2.05) is 0 Å². The molecule has 0 fully saturated rings. The van der Waals surface area contributed by atoms with Crippen LogP contribution >= 0.6 is 31.9 Å². The van der Waals surface area contributed by atoms with Crippen LogP contribution in [0.2, 0.25) is 0 Å². The smallest absolute Gasteiger partial charge is 0.205 e. The van der Waals surface area contributed by atoms with Crippen LogP contribution < -0.4 is 0 Å². The van der Waals surface area contributed by atoms with Gasteiger partial charge in [-0.05, 0) is 33.6 Å². The van der Waals surface area contributed by atoms with Crippen LogP contribution in [0.5, 0.6) is 0 Å². The van der Waals surface area contributed by atoms with Gasteiger partial charge in [0.15, 0.2) is 0 Å². The van der Waals surface area contributed by atoms with Gasteiger partial charge in [-0.25, -0.2) is 4.39 Å². The molecule has 0 amide bonds. The number of benzene rings is 1. The highest BCUT2D eigenvalue weighted by Gasteiger charge is 2.35. The van der Waals surface area contributed by atoms with Crippen molar-refractivity contribution in [2.75, 3.05) is 0 Å². The van der Waals surface area contributed by atoms with Crippen molar-refractivity contribution in [3.63, 3.8) is 0 Å². The zero-order valence-corrected chi connectivity index (χ0v) is 9.80. The number of rotatable bonds is 1. The van der Waals surface area contributed by atoms with E-state index in [2.05, 4.69) is 31.9 Å². The number of hydrogen-bond donors (Lipinski definition) is 0. The Morgan fingerprint density at radius 1 is 1.21 bits per heavy atom. The Balaban J connectivity index is 3.35. The Morgan fingerprint density at radius 2 is 1.79 bits per heavy atom. The maximum atomic E-state index is 13.0. The van der Waals surface area contributed by atoms with Gasteiger partial charge in [0.2, 0.25) is 0 Å². The second-order valence-electron chi connectivity index (χ2n) is 2.57. The number of alkyl halides is 4. The highest BCUT2D eigenvalue weighted by Crippen LogP contribution is 2.35. The van der Waals surface area contributed by atoms with Crippen LogP contribution in [0, 0.1) is 5.82 Å². The lowest BCUT2D eigenvalue weighted by atomic mass is 10.1. The molecule has 1 aromatic carbocycles. The molecule has 1 rings (SSSR count). The molecule has 0 saturated heterocycles. The molecule has 0 unspecified atom stereocenters. The predicted octanol–water partition coefficient (Wildman–Crippen LogP) is 4.50. The maximum absolute atomic E-state index is 13.0. The summed E-state index contributed by atoms with van der Waals surface area (Å²) in [6.45, 7) is 0. The third kappa shape index (κ3) is 2.48. The summed E-state index contributed by atoms with van der Waals surface area (Å²) in [6.07, 6.45) is -4.66. The topological polar surface area (TPSA) is 0 Å². The van der Waals surface area contributed by atoms with Gasteiger partial charge in [0, 0.05) is 5.33 Å². The minimum absolute atomic E-state index is 0.179. The van der Waals surface area contributed by atoms with Crippen LogP contribution in [-0.2, 0) is 11.5 Å². The van der Waals surface area contributed by atoms with Crippen molar-refractivity contribution in [3.05, 3.63) is 33.5 Å². The van der Waals surface area contributed by atoms with Gasteiger partial charge in [0.1, 0.15) is 5.82 Å². The summed E-state index contributed by atoms with van der Waals surface area (Å²) in [5.74, 6) is -1.28. The molecule has 0 aliphatic heterocycles. The molecule has 0 aliphatic rings. The molecule has 78 valence electrons. The quantitative estimate of drug-likeness (QED) is 0.523. The highest BCUT2D eigenvalue weighted by atomic mass is 79.9. The van der Waals surface area contributed by atoms with Crippen molar-refractivity contribution in [3.8, 4) is 0 Å². The minimum atomic E-state index is -4.66. The van der Waals surface area contributed by atoms with E-state index in [1.165, 1.54) is 6.07 Å². The lowest BCUT2D eigenvalue weighted by Crippen LogP contribution is -2.09. The summed E-state index contributed by atoms with van der Waals surface area (Å²) in [5, 5.41) is 0.245. The second kappa shape index (κ2) is 4.18. The van der Waals surface area contributed by atoms with Crippen LogP contribution in [0.3, 0.4) is 0 Å². The van der Waals surface area contributed by atoms with Crippen molar-refractivity contribution in [1.29, 1.82) is 0 Å². The molecule has 0 saturated carbocycles. The van der Waals surface area contributed by atoms with Gasteiger partial charge < -0.3 is 0 Å². The van der Waals surface area contributed by atoms with Crippen LogP contribution in [0.15, 0.2) is 16.6 Å². The molecule has 0 heterocycles. The molecular weight excluding hydrogens is 332 g/mol. The second-order valence-corrected chi connectivity index (χ2v) is 3.99. The molecule has 1 aromatic rings.